The molecule has 3 aromatic rings. The fraction of sp³-hybridized carbons (Fsp3) is 0.150. The molecule has 1 aromatic heterocycles. The summed E-state index contributed by atoms with van der Waals surface area (Å²) in [4.78, 5) is 12.5. The Morgan fingerprint density at radius 1 is 0.962 bits per heavy atom. The van der Waals surface area contributed by atoms with Gasteiger partial charge in [-0.3, -0.25) is 4.79 Å². The lowest BCUT2D eigenvalue weighted by atomic mass is 10.1. The monoisotopic (exact) mass is 369 g/mol. The fourth-order valence-corrected chi connectivity index (χ4v) is 3.76. The number of benzene rings is 2. The van der Waals surface area contributed by atoms with Crippen molar-refractivity contribution < 1.29 is 17.6 Å². The van der Waals surface area contributed by atoms with E-state index in [-0.39, 0.29) is 22.2 Å². The molecule has 6 heteroatoms. The van der Waals surface area contributed by atoms with Crippen LogP contribution < -0.4 is 5.32 Å². The maximum absolute atomic E-state index is 12.4. The Kier molecular flexibility index (Phi) is 5.23. The van der Waals surface area contributed by atoms with Crippen molar-refractivity contribution in [3.8, 4) is 0 Å². The number of sulfone groups is 1. The predicted octanol–water partition coefficient (Wildman–Crippen LogP) is 4.07. The van der Waals surface area contributed by atoms with E-state index in [9.17, 15) is 13.2 Å². The Morgan fingerprint density at radius 2 is 1.65 bits per heavy atom. The van der Waals surface area contributed by atoms with Gasteiger partial charge in [0.15, 0.2) is 15.6 Å². The highest BCUT2D eigenvalue weighted by molar-refractivity contribution is 7.90. The third kappa shape index (κ3) is 4.21. The van der Waals surface area contributed by atoms with Gasteiger partial charge in [-0.1, -0.05) is 37.3 Å². The lowest BCUT2D eigenvalue weighted by Crippen LogP contribution is -2.11. The second-order valence-electron chi connectivity index (χ2n) is 5.84. The van der Waals surface area contributed by atoms with Crippen LogP contribution in [0.2, 0.25) is 0 Å². The molecule has 5 nitrogen and oxygen atoms in total. The van der Waals surface area contributed by atoms with E-state index in [0.29, 0.717) is 5.69 Å². The van der Waals surface area contributed by atoms with Crippen LogP contribution in [0.5, 0.6) is 0 Å². The average molecular weight is 369 g/mol. The van der Waals surface area contributed by atoms with Gasteiger partial charge in [0, 0.05) is 5.69 Å². The van der Waals surface area contributed by atoms with Gasteiger partial charge in [0.1, 0.15) is 11.5 Å². The number of amides is 1. The molecule has 0 bridgehead atoms. The highest BCUT2D eigenvalue weighted by atomic mass is 32.2. The Hall–Kier alpha value is -2.86. The third-order valence-corrected chi connectivity index (χ3v) is 5.60. The van der Waals surface area contributed by atoms with Crippen molar-refractivity contribution in [3.05, 3.63) is 83.8 Å². The van der Waals surface area contributed by atoms with Gasteiger partial charge in [-0.05, 0) is 48.4 Å². The molecule has 2 aromatic carbocycles. The average Bonchev–Trinajstić information content (AvgIpc) is 3.11. The largest absolute Gasteiger partial charge is 0.455 e. The molecule has 0 atom stereocenters. The molecule has 0 fully saturated rings. The van der Waals surface area contributed by atoms with Gasteiger partial charge >= 0.3 is 0 Å². The van der Waals surface area contributed by atoms with E-state index in [1.807, 2.05) is 24.3 Å². The van der Waals surface area contributed by atoms with Gasteiger partial charge in [-0.2, -0.15) is 0 Å². The molecule has 0 aliphatic rings. The van der Waals surface area contributed by atoms with Crippen LogP contribution in [0.15, 0.2) is 76.0 Å². The number of hydrogen-bond donors (Lipinski definition) is 1. The third-order valence-electron chi connectivity index (χ3n) is 3.94. The van der Waals surface area contributed by atoms with Crippen LogP contribution in [0.3, 0.4) is 0 Å². The number of hydrogen-bond acceptors (Lipinski definition) is 4. The first-order valence-corrected chi connectivity index (χ1v) is 9.90. The molecular formula is C20H19NO4S. The standard InChI is InChI=1S/C20H19NO4S/c1-2-15-8-10-16(11-9-15)21-20(22)19-13-12-17(25-19)14-26(23,24)18-6-4-3-5-7-18/h3-13H,2,14H2,1H3,(H,21,22). The molecule has 26 heavy (non-hydrogen) atoms. The minimum atomic E-state index is -3.52. The number of rotatable bonds is 6. The first kappa shape index (κ1) is 17.9. The number of aryl methyl sites for hydroxylation is 1. The molecule has 0 aliphatic carbocycles. The van der Waals surface area contributed by atoms with Crippen molar-refractivity contribution in [1.82, 2.24) is 0 Å². The van der Waals surface area contributed by atoms with Gasteiger partial charge in [0.05, 0.1) is 4.90 Å². The molecule has 0 saturated carbocycles. The summed E-state index contributed by atoms with van der Waals surface area (Å²) < 4.78 is 30.2. The Bertz CT molecular complexity index is 990. The molecule has 0 unspecified atom stereocenters. The maximum Gasteiger partial charge on any atom is 0.291 e. The normalized spacial score (nSPS) is 11.3. The quantitative estimate of drug-likeness (QED) is 0.711. The zero-order valence-corrected chi connectivity index (χ0v) is 15.1. The molecular weight excluding hydrogens is 350 g/mol. The van der Waals surface area contributed by atoms with Crippen LogP contribution >= 0.6 is 0 Å². The summed E-state index contributed by atoms with van der Waals surface area (Å²) in [5.74, 6) is -0.420. The predicted molar refractivity (Wildman–Crippen MR) is 99.8 cm³/mol. The number of nitrogens with one attached hydrogen (secondary N) is 1. The van der Waals surface area contributed by atoms with Crippen molar-refractivity contribution in [3.63, 3.8) is 0 Å². The molecule has 0 saturated heterocycles. The summed E-state index contributed by atoms with van der Waals surface area (Å²) in [6.45, 7) is 2.06. The second kappa shape index (κ2) is 7.58. The number of carbonyl (C=O) groups excluding carboxylic acids is 1. The highest BCUT2D eigenvalue weighted by Gasteiger charge is 2.19. The molecule has 134 valence electrons. The van der Waals surface area contributed by atoms with Gasteiger partial charge in [0.2, 0.25) is 0 Å². The zero-order valence-electron chi connectivity index (χ0n) is 14.3. The van der Waals surface area contributed by atoms with Crippen LogP contribution in [0.4, 0.5) is 5.69 Å². The van der Waals surface area contributed by atoms with Gasteiger partial charge in [-0.15, -0.1) is 0 Å². The molecule has 1 amide bonds. The van der Waals surface area contributed by atoms with Crippen molar-refractivity contribution in [1.29, 1.82) is 0 Å². The van der Waals surface area contributed by atoms with Crippen molar-refractivity contribution in [2.75, 3.05) is 5.32 Å². The summed E-state index contributed by atoms with van der Waals surface area (Å²) in [6.07, 6.45) is 0.922. The second-order valence-corrected chi connectivity index (χ2v) is 7.83. The Balaban J connectivity index is 1.70. The summed E-state index contributed by atoms with van der Waals surface area (Å²) in [6, 6.07) is 18.7. The minimum absolute atomic E-state index is 0.0721. The van der Waals surface area contributed by atoms with E-state index in [4.69, 9.17) is 4.42 Å². The summed E-state index contributed by atoms with van der Waals surface area (Å²) in [5.41, 5.74) is 1.83. The molecule has 1 heterocycles. The first-order valence-electron chi connectivity index (χ1n) is 8.25. The number of carbonyl (C=O) groups is 1. The Labute approximate surface area is 152 Å². The topological polar surface area (TPSA) is 76.4 Å². The van der Waals surface area contributed by atoms with Crippen LogP contribution in [0.25, 0.3) is 0 Å². The van der Waals surface area contributed by atoms with E-state index in [2.05, 4.69) is 12.2 Å². The highest BCUT2D eigenvalue weighted by Crippen LogP contribution is 2.19. The summed E-state index contributed by atoms with van der Waals surface area (Å²) in [5, 5.41) is 2.74. The number of furan rings is 1. The van der Waals surface area contributed by atoms with E-state index in [1.165, 1.54) is 29.8 Å². The van der Waals surface area contributed by atoms with Gasteiger partial charge in [-0.25, -0.2) is 8.42 Å². The van der Waals surface area contributed by atoms with Crippen LogP contribution in [0, 0.1) is 0 Å². The molecule has 3 rings (SSSR count). The van der Waals surface area contributed by atoms with Crippen molar-refractivity contribution in [2.24, 2.45) is 0 Å². The van der Waals surface area contributed by atoms with Crippen LogP contribution in [-0.4, -0.2) is 14.3 Å². The molecule has 0 radical (unpaired) electrons. The zero-order chi connectivity index (χ0) is 18.6. The summed E-state index contributed by atoms with van der Waals surface area (Å²) in [7, 11) is -3.52. The first-order chi connectivity index (χ1) is 12.5. The van der Waals surface area contributed by atoms with Crippen LogP contribution in [0.1, 0.15) is 28.8 Å². The van der Waals surface area contributed by atoms with Gasteiger partial charge in [0.25, 0.3) is 5.91 Å². The van der Waals surface area contributed by atoms with Crippen LogP contribution in [-0.2, 0) is 22.0 Å². The fourth-order valence-electron chi connectivity index (χ4n) is 2.49. The molecule has 0 aliphatic heterocycles. The SMILES string of the molecule is CCc1ccc(NC(=O)c2ccc(CS(=O)(=O)c3ccccc3)o2)cc1. The molecule has 1 N–H and O–H groups in total. The van der Waals surface area contributed by atoms with E-state index in [0.717, 1.165) is 6.42 Å². The van der Waals surface area contributed by atoms with E-state index in [1.54, 1.807) is 18.2 Å². The minimum Gasteiger partial charge on any atom is -0.455 e. The Morgan fingerprint density at radius 3 is 2.31 bits per heavy atom. The van der Waals surface area contributed by atoms with Gasteiger partial charge < -0.3 is 9.73 Å². The lowest BCUT2D eigenvalue weighted by molar-refractivity contribution is 0.0995. The number of anilines is 1. The smallest absolute Gasteiger partial charge is 0.291 e. The van der Waals surface area contributed by atoms with Crippen molar-refractivity contribution in [2.45, 2.75) is 24.0 Å². The molecule has 0 spiro atoms. The van der Waals surface area contributed by atoms with Crippen molar-refractivity contribution >= 4 is 21.4 Å². The lowest BCUT2D eigenvalue weighted by Gasteiger charge is -2.04. The maximum atomic E-state index is 12.4. The van der Waals surface area contributed by atoms with E-state index < -0.39 is 15.7 Å². The van der Waals surface area contributed by atoms with E-state index >= 15 is 0 Å². The summed E-state index contributed by atoms with van der Waals surface area (Å²) >= 11 is 0.